The number of hydrogen-bond acceptors (Lipinski definition) is 8. The summed E-state index contributed by atoms with van der Waals surface area (Å²) in [6.07, 6.45) is -3.93. The Morgan fingerprint density at radius 2 is 1.66 bits per heavy atom. The number of carbonyl (C=O) groups excluding carboxylic acids is 1. The third-order valence-electron chi connectivity index (χ3n) is 7.52. The van der Waals surface area contributed by atoms with Crippen molar-refractivity contribution in [2.75, 3.05) is 61.9 Å². The molecule has 0 saturated carbocycles. The van der Waals surface area contributed by atoms with E-state index in [1.807, 2.05) is 12.1 Å². The van der Waals surface area contributed by atoms with Crippen LogP contribution >= 0.6 is 11.6 Å². The minimum Gasteiger partial charge on any atom is -0.357 e. The number of benzene rings is 2. The number of hydrogen-bond donors (Lipinski definition) is 2. The molecule has 3 aromatic rings. The number of piperazine rings is 1. The van der Waals surface area contributed by atoms with Crippen LogP contribution in [0.25, 0.3) is 0 Å². The number of rotatable bonds is 6. The molecule has 13 heteroatoms. The summed E-state index contributed by atoms with van der Waals surface area (Å²) in [5, 5.41) is 5.73. The van der Waals surface area contributed by atoms with Crippen molar-refractivity contribution in [1.82, 2.24) is 25.2 Å². The van der Waals surface area contributed by atoms with Gasteiger partial charge in [-0.25, -0.2) is 0 Å². The van der Waals surface area contributed by atoms with Gasteiger partial charge in [-0.15, -0.1) is 0 Å². The second kappa shape index (κ2) is 11.7. The van der Waals surface area contributed by atoms with Crippen LogP contribution in [0.4, 0.5) is 31.0 Å². The third kappa shape index (κ3) is 6.48. The van der Waals surface area contributed by atoms with E-state index >= 15 is 0 Å². The smallest absolute Gasteiger partial charge is 0.357 e. The number of alkyl halides is 3. The second-order valence-electron chi connectivity index (χ2n) is 10.4. The Morgan fingerprint density at radius 1 is 0.951 bits per heavy atom. The van der Waals surface area contributed by atoms with Crippen LogP contribution in [0.2, 0.25) is 5.02 Å². The molecule has 0 spiro atoms. The molecule has 1 atom stereocenters. The number of halogens is 4. The van der Waals surface area contributed by atoms with Gasteiger partial charge in [0.1, 0.15) is 0 Å². The fraction of sp³-hybridized carbons (Fsp3) is 0.429. The largest absolute Gasteiger partial charge is 0.416 e. The van der Waals surface area contributed by atoms with Crippen LogP contribution in [-0.4, -0.2) is 72.6 Å². The number of carbonyl (C=O) groups is 1. The Kier molecular flexibility index (Phi) is 8.23. The van der Waals surface area contributed by atoms with E-state index in [1.54, 1.807) is 13.1 Å². The average molecular weight is 589 g/mol. The highest BCUT2D eigenvalue weighted by Crippen LogP contribution is 2.36. The Bertz CT molecular complexity index is 1430. The molecule has 2 N–H and O–H groups in total. The molecule has 2 aliphatic heterocycles. The number of nitrogens with one attached hydrogen (secondary N) is 2. The molecule has 3 heterocycles. The lowest BCUT2D eigenvalue weighted by Crippen LogP contribution is -2.45. The van der Waals surface area contributed by atoms with E-state index in [2.05, 4.69) is 42.3 Å². The van der Waals surface area contributed by atoms with Gasteiger partial charge in [0.25, 0.3) is 5.91 Å². The summed E-state index contributed by atoms with van der Waals surface area (Å²) in [4.78, 5) is 33.5. The van der Waals surface area contributed by atoms with Gasteiger partial charge in [0.05, 0.1) is 11.6 Å². The maximum Gasteiger partial charge on any atom is 0.416 e. The molecule has 1 fully saturated rings. The molecule has 1 saturated heterocycles. The summed E-state index contributed by atoms with van der Waals surface area (Å²) < 4.78 is 40.7. The second-order valence-corrected chi connectivity index (χ2v) is 10.8. The third-order valence-corrected chi connectivity index (χ3v) is 7.76. The van der Waals surface area contributed by atoms with Gasteiger partial charge in [0.2, 0.25) is 17.8 Å². The molecule has 2 aliphatic rings. The number of nitrogens with zero attached hydrogens (tertiary/aromatic N) is 6. The Morgan fingerprint density at radius 3 is 2.34 bits per heavy atom. The van der Waals surface area contributed by atoms with E-state index in [0.29, 0.717) is 42.9 Å². The van der Waals surface area contributed by atoms with Gasteiger partial charge >= 0.3 is 6.18 Å². The predicted octanol–water partition coefficient (Wildman–Crippen LogP) is 4.39. The van der Waals surface area contributed by atoms with Gasteiger partial charge in [-0.3, -0.25) is 4.79 Å². The lowest BCUT2D eigenvalue weighted by atomic mass is 9.96. The van der Waals surface area contributed by atoms with Crippen molar-refractivity contribution >= 4 is 35.4 Å². The molecule has 5 rings (SSSR count). The number of fused-ring (bicyclic) bond motifs is 1. The topological polar surface area (TPSA) is 89.5 Å². The van der Waals surface area contributed by atoms with Crippen LogP contribution in [0, 0.1) is 0 Å². The van der Waals surface area contributed by atoms with Gasteiger partial charge in [-0.05, 0) is 61.3 Å². The SMILES string of the molecule is CNc1nc(N2CCN(C)CC2)nc(N2CCc3cc(C(=O)NC(C)c4ccc(Cl)cc4C(F)(F)F)ccc3C2)n1. The van der Waals surface area contributed by atoms with Crippen molar-refractivity contribution < 1.29 is 18.0 Å². The molecule has 1 amide bonds. The van der Waals surface area contributed by atoms with Crippen LogP contribution in [0.1, 0.15) is 45.6 Å². The summed E-state index contributed by atoms with van der Waals surface area (Å²) in [7, 11) is 3.88. The molecule has 0 radical (unpaired) electrons. The number of amides is 1. The summed E-state index contributed by atoms with van der Waals surface area (Å²) in [6, 6.07) is 8.08. The van der Waals surface area contributed by atoms with Crippen molar-refractivity contribution in [3.05, 3.63) is 69.2 Å². The fourth-order valence-electron chi connectivity index (χ4n) is 5.13. The fourth-order valence-corrected chi connectivity index (χ4v) is 5.30. The Hall–Kier alpha value is -3.64. The van der Waals surface area contributed by atoms with Crippen LogP contribution in [0.5, 0.6) is 0 Å². The molecule has 218 valence electrons. The maximum absolute atomic E-state index is 13.6. The number of anilines is 3. The van der Waals surface area contributed by atoms with E-state index in [1.165, 1.54) is 19.1 Å². The van der Waals surface area contributed by atoms with Crippen molar-refractivity contribution in [2.45, 2.75) is 32.1 Å². The van der Waals surface area contributed by atoms with Gasteiger partial charge in [-0.2, -0.15) is 28.1 Å². The molecule has 41 heavy (non-hydrogen) atoms. The number of aromatic nitrogens is 3. The first-order valence-electron chi connectivity index (χ1n) is 13.4. The lowest BCUT2D eigenvalue weighted by molar-refractivity contribution is -0.138. The van der Waals surface area contributed by atoms with Gasteiger partial charge in [0, 0.05) is 56.9 Å². The van der Waals surface area contributed by atoms with Crippen LogP contribution in [-0.2, 0) is 19.1 Å². The molecule has 1 aromatic heterocycles. The van der Waals surface area contributed by atoms with Gasteiger partial charge in [0.15, 0.2) is 0 Å². The first kappa shape index (κ1) is 28.9. The monoisotopic (exact) mass is 588 g/mol. The molecular weight excluding hydrogens is 557 g/mol. The first-order valence-corrected chi connectivity index (χ1v) is 13.8. The molecule has 0 aliphatic carbocycles. The maximum atomic E-state index is 13.6. The molecule has 0 bridgehead atoms. The zero-order valence-electron chi connectivity index (χ0n) is 23.1. The average Bonchev–Trinajstić information content (AvgIpc) is 2.96. The van der Waals surface area contributed by atoms with Crippen LogP contribution < -0.4 is 20.4 Å². The minimum absolute atomic E-state index is 0.0155. The van der Waals surface area contributed by atoms with Crippen LogP contribution in [0.3, 0.4) is 0 Å². The zero-order chi connectivity index (χ0) is 29.3. The first-order chi connectivity index (χ1) is 19.5. The minimum atomic E-state index is -4.59. The molecule has 9 nitrogen and oxygen atoms in total. The van der Waals surface area contributed by atoms with Crippen molar-refractivity contribution in [2.24, 2.45) is 0 Å². The normalized spacial score (nSPS) is 16.8. The number of likely N-dealkylation sites (N-methyl/N-ethyl adjacent to an activating group) is 1. The molecule has 1 unspecified atom stereocenters. The van der Waals surface area contributed by atoms with E-state index in [9.17, 15) is 18.0 Å². The highest BCUT2D eigenvalue weighted by Gasteiger charge is 2.35. The lowest BCUT2D eigenvalue weighted by Gasteiger charge is -2.33. The van der Waals surface area contributed by atoms with E-state index < -0.39 is 23.7 Å². The summed E-state index contributed by atoms with van der Waals surface area (Å²) in [5.74, 6) is 1.29. The highest BCUT2D eigenvalue weighted by atomic mass is 35.5. The summed E-state index contributed by atoms with van der Waals surface area (Å²) >= 11 is 5.80. The van der Waals surface area contributed by atoms with Crippen molar-refractivity contribution in [1.29, 1.82) is 0 Å². The van der Waals surface area contributed by atoms with Gasteiger partial charge in [-0.1, -0.05) is 23.7 Å². The summed E-state index contributed by atoms with van der Waals surface area (Å²) in [6.45, 7) is 6.27. The van der Waals surface area contributed by atoms with E-state index in [0.717, 1.165) is 43.4 Å². The van der Waals surface area contributed by atoms with Crippen molar-refractivity contribution in [3.63, 3.8) is 0 Å². The highest BCUT2D eigenvalue weighted by molar-refractivity contribution is 6.30. The molecular formula is C28H32ClF3N8O. The predicted molar refractivity (Wildman–Crippen MR) is 153 cm³/mol. The zero-order valence-corrected chi connectivity index (χ0v) is 23.9. The Balaban J connectivity index is 1.30. The summed E-state index contributed by atoms with van der Waals surface area (Å²) in [5.41, 5.74) is 1.52. The van der Waals surface area contributed by atoms with E-state index in [4.69, 9.17) is 16.6 Å². The van der Waals surface area contributed by atoms with Gasteiger partial charge < -0.3 is 25.3 Å². The van der Waals surface area contributed by atoms with Crippen LogP contribution in [0.15, 0.2) is 36.4 Å². The Labute approximate surface area is 241 Å². The van der Waals surface area contributed by atoms with E-state index in [-0.39, 0.29) is 10.6 Å². The molecule has 2 aromatic carbocycles. The standard InChI is InChI=1S/C28H32ClF3N8O/c1-17(22-7-6-21(29)15-23(22)28(30,31)32)34-24(41)19-4-5-20-16-40(9-8-18(20)14-19)27-36-25(33-2)35-26(37-27)39-12-10-38(3)11-13-39/h4-7,14-15,17H,8-13,16H2,1-3H3,(H,34,41)(H,33,35,36,37). The quantitative estimate of drug-likeness (QED) is 0.438. The van der Waals surface area contributed by atoms with Crippen molar-refractivity contribution in [3.8, 4) is 0 Å².